The fraction of sp³-hybridized carbons (Fsp3) is 0.333. The minimum Gasteiger partial charge on any atom is -0.493 e. The van der Waals surface area contributed by atoms with Crippen LogP contribution in [-0.2, 0) is 9.59 Å². The molecule has 0 aliphatic carbocycles. The Bertz CT molecular complexity index is 1140. The highest BCUT2D eigenvalue weighted by Gasteiger charge is 2.31. The lowest BCUT2D eigenvalue weighted by molar-refractivity contribution is -0.129. The first-order valence-corrected chi connectivity index (χ1v) is 12.2. The number of ketones is 1. The Hall–Kier alpha value is -3.56. The average molecular weight is 566 g/mol. The number of hydrogen-bond donors (Lipinski definition) is 0. The molecule has 0 unspecified atom stereocenters. The molecule has 0 spiro atoms. The third kappa shape index (κ3) is 6.11. The molecule has 11 heteroatoms. The van der Waals surface area contributed by atoms with Crippen LogP contribution in [0.25, 0.3) is 12.2 Å². The number of amides is 1. The van der Waals surface area contributed by atoms with Crippen LogP contribution in [0.3, 0.4) is 0 Å². The summed E-state index contributed by atoms with van der Waals surface area (Å²) in [5.41, 5.74) is 1.90. The van der Waals surface area contributed by atoms with Gasteiger partial charge in [-0.1, -0.05) is 23.2 Å². The van der Waals surface area contributed by atoms with Gasteiger partial charge in [-0.15, -0.1) is 0 Å². The molecule has 1 saturated heterocycles. The van der Waals surface area contributed by atoms with Crippen LogP contribution in [0.5, 0.6) is 34.5 Å². The van der Waals surface area contributed by atoms with E-state index in [0.717, 1.165) is 0 Å². The second kappa shape index (κ2) is 12.8. The third-order valence-corrected chi connectivity index (χ3v) is 6.23. The van der Waals surface area contributed by atoms with Crippen LogP contribution < -0.4 is 28.4 Å². The number of nitrogens with zero attached hydrogens (tertiary/aromatic N) is 1. The molecule has 0 atom stereocenters. The van der Waals surface area contributed by atoms with E-state index in [4.69, 9.17) is 51.6 Å². The van der Waals surface area contributed by atoms with E-state index >= 15 is 0 Å². The van der Waals surface area contributed by atoms with Crippen molar-refractivity contribution in [3.63, 3.8) is 0 Å². The van der Waals surface area contributed by atoms with Crippen LogP contribution in [-0.4, -0.2) is 77.2 Å². The predicted molar refractivity (Wildman–Crippen MR) is 145 cm³/mol. The van der Waals surface area contributed by atoms with E-state index in [1.165, 1.54) is 47.6 Å². The smallest absolute Gasteiger partial charge is 0.256 e. The second-order valence-electron chi connectivity index (χ2n) is 8.08. The molecule has 204 valence electrons. The van der Waals surface area contributed by atoms with Crippen molar-refractivity contribution in [2.24, 2.45) is 0 Å². The molecule has 0 saturated carbocycles. The van der Waals surface area contributed by atoms with Gasteiger partial charge in [0.1, 0.15) is 0 Å². The highest BCUT2D eigenvalue weighted by atomic mass is 35.5. The molecule has 1 amide bonds. The number of rotatable bonds is 9. The fourth-order valence-corrected chi connectivity index (χ4v) is 4.38. The van der Waals surface area contributed by atoms with Crippen LogP contribution in [0.15, 0.2) is 35.4 Å². The summed E-state index contributed by atoms with van der Waals surface area (Å²) >= 11 is 11.8. The largest absolute Gasteiger partial charge is 0.493 e. The SMILES string of the molecule is COc1cc(/C=C2\CN(C(=O)C(Cl)Cl)C/C(=C\c3cc(OC)c(OC)c(OC)c3)C2=O)cc(OC)c1OC. The molecule has 1 aliphatic heterocycles. The van der Waals surface area contributed by atoms with Crippen molar-refractivity contribution >= 4 is 47.0 Å². The third-order valence-electron chi connectivity index (χ3n) is 5.86. The van der Waals surface area contributed by atoms with Gasteiger partial charge in [0.15, 0.2) is 33.6 Å². The number of hydrogen-bond acceptors (Lipinski definition) is 8. The summed E-state index contributed by atoms with van der Waals surface area (Å²) in [6, 6.07) is 6.82. The van der Waals surface area contributed by atoms with Crippen molar-refractivity contribution in [1.82, 2.24) is 4.90 Å². The predicted octanol–water partition coefficient (Wildman–Crippen LogP) is 4.42. The molecular formula is C27H29Cl2NO8. The number of piperidine rings is 1. The van der Waals surface area contributed by atoms with Gasteiger partial charge in [-0.3, -0.25) is 9.59 Å². The minimum atomic E-state index is -1.28. The molecule has 0 radical (unpaired) electrons. The summed E-state index contributed by atoms with van der Waals surface area (Å²) in [6.07, 6.45) is 3.32. The van der Waals surface area contributed by atoms with Crippen molar-refractivity contribution in [2.75, 3.05) is 55.7 Å². The molecule has 9 nitrogen and oxygen atoms in total. The van der Waals surface area contributed by atoms with Crippen molar-refractivity contribution in [1.29, 1.82) is 0 Å². The Morgan fingerprint density at radius 1 is 0.711 bits per heavy atom. The monoisotopic (exact) mass is 565 g/mol. The number of likely N-dealkylation sites (tertiary alicyclic amines) is 1. The number of carbonyl (C=O) groups excluding carboxylic acids is 2. The quantitative estimate of drug-likeness (QED) is 0.326. The summed E-state index contributed by atoms with van der Waals surface area (Å²) in [5, 5.41) is 0. The topological polar surface area (TPSA) is 92.8 Å². The maximum atomic E-state index is 13.6. The van der Waals surface area contributed by atoms with Crippen LogP contribution in [0.2, 0.25) is 0 Å². The molecule has 2 aromatic rings. The molecule has 1 fully saturated rings. The van der Waals surface area contributed by atoms with Gasteiger partial charge >= 0.3 is 0 Å². The van der Waals surface area contributed by atoms with E-state index in [1.54, 1.807) is 36.4 Å². The number of ether oxygens (including phenoxy) is 6. The van der Waals surface area contributed by atoms with Gasteiger partial charge in [0.25, 0.3) is 5.91 Å². The molecule has 0 N–H and O–H groups in total. The van der Waals surface area contributed by atoms with Gasteiger partial charge in [0, 0.05) is 24.2 Å². The summed E-state index contributed by atoms with van der Waals surface area (Å²) in [7, 11) is 9.00. The van der Waals surface area contributed by atoms with E-state index in [1.807, 2.05) is 0 Å². The zero-order valence-corrected chi connectivity index (χ0v) is 23.4. The summed E-state index contributed by atoms with van der Waals surface area (Å²) in [6.45, 7) is 0.0216. The molecule has 0 aromatic heterocycles. The standard InChI is InChI=1S/C27H29Cl2NO8/c1-33-19-9-15(10-20(34-2)24(19)37-5)7-17-13-30(27(32)26(28)29)14-18(23(17)31)8-16-11-21(35-3)25(38-6)22(12-16)36-4/h7-12,26H,13-14H2,1-6H3/b17-7+,18-8+. The number of halogens is 2. The molecule has 3 rings (SSSR count). The van der Waals surface area contributed by atoms with E-state index in [9.17, 15) is 9.59 Å². The number of alkyl halides is 2. The maximum absolute atomic E-state index is 13.6. The molecular weight excluding hydrogens is 537 g/mol. The first-order valence-electron chi connectivity index (χ1n) is 11.3. The lowest BCUT2D eigenvalue weighted by atomic mass is 9.94. The molecule has 0 bridgehead atoms. The average Bonchev–Trinajstić information content (AvgIpc) is 2.93. The number of benzene rings is 2. The highest BCUT2D eigenvalue weighted by Crippen LogP contribution is 2.40. The Morgan fingerprint density at radius 2 is 1.05 bits per heavy atom. The van der Waals surface area contributed by atoms with Crippen molar-refractivity contribution in [3.8, 4) is 34.5 Å². The highest BCUT2D eigenvalue weighted by molar-refractivity contribution is 6.53. The van der Waals surface area contributed by atoms with Crippen LogP contribution in [0.4, 0.5) is 0 Å². The Labute approximate surface area is 231 Å². The Balaban J connectivity index is 2.14. The van der Waals surface area contributed by atoms with E-state index in [-0.39, 0.29) is 18.9 Å². The lowest BCUT2D eigenvalue weighted by Crippen LogP contribution is -2.43. The molecule has 38 heavy (non-hydrogen) atoms. The van der Waals surface area contributed by atoms with Crippen LogP contribution in [0.1, 0.15) is 11.1 Å². The van der Waals surface area contributed by atoms with Crippen LogP contribution >= 0.6 is 23.2 Å². The zero-order valence-electron chi connectivity index (χ0n) is 21.9. The molecule has 1 heterocycles. The Morgan fingerprint density at radius 3 is 1.32 bits per heavy atom. The van der Waals surface area contributed by atoms with Gasteiger partial charge in [0.2, 0.25) is 11.5 Å². The Kier molecular flexibility index (Phi) is 9.77. The summed E-state index contributed by atoms with van der Waals surface area (Å²) in [5.74, 6) is 1.74. The maximum Gasteiger partial charge on any atom is 0.256 e. The van der Waals surface area contributed by atoms with Crippen LogP contribution in [0, 0.1) is 0 Å². The van der Waals surface area contributed by atoms with Gasteiger partial charge in [0.05, 0.1) is 42.7 Å². The van der Waals surface area contributed by atoms with Crippen molar-refractivity contribution < 1.29 is 38.0 Å². The summed E-state index contributed by atoms with van der Waals surface area (Å²) < 4.78 is 32.5. The van der Waals surface area contributed by atoms with Gasteiger partial charge < -0.3 is 33.3 Å². The van der Waals surface area contributed by atoms with E-state index in [0.29, 0.717) is 56.8 Å². The van der Waals surface area contributed by atoms with Gasteiger partial charge in [-0.2, -0.15) is 0 Å². The van der Waals surface area contributed by atoms with Gasteiger partial charge in [-0.05, 0) is 47.5 Å². The van der Waals surface area contributed by atoms with Gasteiger partial charge in [-0.25, -0.2) is 0 Å². The minimum absolute atomic E-state index is 0.0108. The molecule has 1 aliphatic rings. The number of methoxy groups -OCH3 is 6. The first-order chi connectivity index (χ1) is 18.2. The normalized spacial score (nSPS) is 15.6. The fourth-order valence-electron chi connectivity index (χ4n) is 4.10. The zero-order chi connectivity index (χ0) is 28.0. The number of Topliss-reactive ketones (excluding diaryl/α,β-unsaturated/α-hetero) is 1. The molecule has 2 aromatic carbocycles. The van der Waals surface area contributed by atoms with Crippen molar-refractivity contribution in [3.05, 3.63) is 46.5 Å². The van der Waals surface area contributed by atoms with Crippen molar-refractivity contribution in [2.45, 2.75) is 4.84 Å². The first kappa shape index (κ1) is 29.0. The van der Waals surface area contributed by atoms with E-state index < -0.39 is 10.7 Å². The number of carbonyl (C=O) groups is 2. The lowest BCUT2D eigenvalue weighted by Gasteiger charge is -2.30. The second-order valence-corrected chi connectivity index (χ2v) is 9.18. The summed E-state index contributed by atoms with van der Waals surface area (Å²) in [4.78, 5) is 26.5. The van der Waals surface area contributed by atoms with E-state index in [2.05, 4.69) is 0 Å².